The van der Waals surface area contributed by atoms with Gasteiger partial charge in [0.25, 0.3) is 0 Å². The van der Waals surface area contributed by atoms with Crippen LogP contribution in [0.2, 0.25) is 0 Å². The monoisotopic (exact) mass is 451 g/mol. The second-order valence-electron chi connectivity index (χ2n) is 7.98. The van der Waals surface area contributed by atoms with Crippen LogP contribution in [0, 0.1) is 13.8 Å². The molecule has 1 aliphatic rings. The molecule has 0 radical (unpaired) electrons. The lowest BCUT2D eigenvalue weighted by atomic mass is 9.95. The molecular formula is C23H33NO8. The van der Waals surface area contributed by atoms with Crippen molar-refractivity contribution < 1.29 is 38.1 Å². The lowest BCUT2D eigenvalue weighted by Crippen LogP contribution is -2.57. The molecule has 0 spiro atoms. The van der Waals surface area contributed by atoms with E-state index < -0.39 is 42.3 Å². The summed E-state index contributed by atoms with van der Waals surface area (Å²) >= 11 is 0. The van der Waals surface area contributed by atoms with Crippen molar-refractivity contribution in [3.05, 3.63) is 23.3 Å². The molecular weight excluding hydrogens is 418 g/mol. The van der Waals surface area contributed by atoms with Gasteiger partial charge in [0, 0.05) is 26.5 Å². The van der Waals surface area contributed by atoms with Gasteiger partial charge in [0.05, 0.1) is 19.3 Å². The van der Waals surface area contributed by atoms with E-state index in [0.717, 1.165) is 35.4 Å². The van der Waals surface area contributed by atoms with Crippen molar-refractivity contribution in [2.45, 2.75) is 78.3 Å². The summed E-state index contributed by atoms with van der Waals surface area (Å²) in [6.45, 7) is 8.18. The van der Waals surface area contributed by atoms with Crippen molar-refractivity contribution in [3.8, 4) is 5.75 Å². The predicted octanol–water partition coefficient (Wildman–Crippen LogP) is 2.63. The second kappa shape index (κ2) is 11.7. The summed E-state index contributed by atoms with van der Waals surface area (Å²) in [7, 11) is 0. The summed E-state index contributed by atoms with van der Waals surface area (Å²) in [5, 5.41) is 0. The van der Waals surface area contributed by atoms with Gasteiger partial charge in [-0.25, -0.2) is 0 Å². The molecule has 1 saturated heterocycles. The molecule has 0 amide bonds. The van der Waals surface area contributed by atoms with Crippen LogP contribution in [-0.4, -0.2) is 55.5 Å². The molecule has 1 fully saturated rings. The number of anilines is 1. The second-order valence-corrected chi connectivity index (χ2v) is 7.98. The first-order valence-electron chi connectivity index (χ1n) is 10.7. The number of aryl methyl sites for hydroxylation is 2. The number of ether oxygens (including phenoxy) is 5. The molecule has 0 aliphatic carbocycles. The number of hydrogen-bond donors (Lipinski definition) is 1. The van der Waals surface area contributed by atoms with Gasteiger partial charge in [-0.05, 0) is 56.4 Å². The van der Waals surface area contributed by atoms with Crippen LogP contribution in [-0.2, 0) is 33.3 Å². The van der Waals surface area contributed by atoms with E-state index in [9.17, 15) is 14.4 Å². The highest BCUT2D eigenvalue weighted by molar-refractivity contribution is 5.68. The van der Waals surface area contributed by atoms with Gasteiger partial charge in [0.15, 0.2) is 18.3 Å². The molecule has 9 heteroatoms. The smallest absolute Gasteiger partial charge is 0.303 e. The Kier molecular flexibility index (Phi) is 9.31. The zero-order valence-corrected chi connectivity index (χ0v) is 19.3. The van der Waals surface area contributed by atoms with E-state index >= 15 is 0 Å². The summed E-state index contributed by atoms with van der Waals surface area (Å²) in [4.78, 5) is 34.7. The normalized spacial score (nSPS) is 22.7. The third-order valence-electron chi connectivity index (χ3n) is 5.17. The largest absolute Gasteiger partial charge is 0.494 e. The molecule has 9 nitrogen and oxygen atoms in total. The molecule has 1 aromatic carbocycles. The van der Waals surface area contributed by atoms with E-state index in [1.54, 1.807) is 0 Å². The van der Waals surface area contributed by atoms with Crippen LogP contribution in [0.1, 0.15) is 51.2 Å². The predicted molar refractivity (Wildman–Crippen MR) is 116 cm³/mol. The summed E-state index contributed by atoms with van der Waals surface area (Å²) in [6.07, 6.45) is -1.16. The van der Waals surface area contributed by atoms with E-state index in [1.807, 2.05) is 26.0 Å². The number of nitrogen functional groups attached to an aromatic ring is 1. The summed E-state index contributed by atoms with van der Waals surface area (Å²) < 4.78 is 27.7. The zero-order valence-electron chi connectivity index (χ0n) is 19.3. The lowest BCUT2D eigenvalue weighted by Gasteiger charge is -2.40. The SMILES string of the molecule is CC(=O)O[C@@H]1[C@@H](OC(C)=O)[C@H](OC(C)=O)CO[C@@H]1CCCCOc1cc(C)c(N)c(C)c1. The van der Waals surface area contributed by atoms with E-state index in [-0.39, 0.29) is 6.61 Å². The van der Waals surface area contributed by atoms with Gasteiger partial charge in [-0.3, -0.25) is 14.4 Å². The Balaban J connectivity index is 1.95. The number of esters is 3. The third-order valence-corrected chi connectivity index (χ3v) is 5.17. The number of nitrogens with two attached hydrogens (primary N) is 1. The fourth-order valence-corrected chi connectivity index (χ4v) is 3.72. The van der Waals surface area contributed by atoms with Crippen LogP contribution in [0.3, 0.4) is 0 Å². The van der Waals surface area contributed by atoms with Crippen LogP contribution < -0.4 is 10.5 Å². The van der Waals surface area contributed by atoms with E-state index in [0.29, 0.717) is 13.0 Å². The summed E-state index contributed by atoms with van der Waals surface area (Å²) in [5.41, 5.74) is 8.67. The average molecular weight is 452 g/mol. The van der Waals surface area contributed by atoms with Gasteiger partial charge < -0.3 is 29.4 Å². The number of rotatable bonds is 9. The zero-order chi connectivity index (χ0) is 23.8. The van der Waals surface area contributed by atoms with Crippen LogP contribution in [0.4, 0.5) is 5.69 Å². The van der Waals surface area contributed by atoms with Crippen molar-refractivity contribution >= 4 is 23.6 Å². The molecule has 1 aromatic rings. The van der Waals surface area contributed by atoms with E-state index in [4.69, 9.17) is 29.4 Å². The molecule has 32 heavy (non-hydrogen) atoms. The Morgan fingerprint density at radius 2 is 1.50 bits per heavy atom. The molecule has 0 saturated carbocycles. The molecule has 1 heterocycles. The highest BCUT2D eigenvalue weighted by Gasteiger charge is 2.46. The van der Waals surface area contributed by atoms with Crippen LogP contribution in [0.5, 0.6) is 5.75 Å². The van der Waals surface area contributed by atoms with Gasteiger partial charge in [0.1, 0.15) is 5.75 Å². The Morgan fingerprint density at radius 3 is 2.06 bits per heavy atom. The van der Waals surface area contributed by atoms with Crippen molar-refractivity contribution in [3.63, 3.8) is 0 Å². The molecule has 4 atom stereocenters. The fourth-order valence-electron chi connectivity index (χ4n) is 3.72. The highest BCUT2D eigenvalue weighted by atomic mass is 16.6. The maximum atomic E-state index is 11.7. The number of hydrogen-bond acceptors (Lipinski definition) is 9. The molecule has 2 rings (SSSR count). The maximum Gasteiger partial charge on any atom is 0.303 e. The molecule has 0 aromatic heterocycles. The Morgan fingerprint density at radius 1 is 0.938 bits per heavy atom. The van der Waals surface area contributed by atoms with E-state index in [1.165, 1.54) is 20.8 Å². The van der Waals surface area contributed by atoms with Gasteiger partial charge >= 0.3 is 17.9 Å². The molecule has 1 aliphatic heterocycles. The van der Waals surface area contributed by atoms with Crippen LogP contribution >= 0.6 is 0 Å². The molecule has 178 valence electrons. The first-order valence-corrected chi connectivity index (χ1v) is 10.7. The Labute approximate surface area is 188 Å². The Bertz CT molecular complexity index is 801. The minimum Gasteiger partial charge on any atom is -0.494 e. The van der Waals surface area contributed by atoms with Crippen molar-refractivity contribution in [2.24, 2.45) is 0 Å². The fraction of sp³-hybridized carbons (Fsp3) is 0.609. The first kappa shape index (κ1) is 25.5. The minimum absolute atomic E-state index is 0.0421. The standard InChI is InChI=1S/C23H33NO8/c1-13-10-18(11-14(2)21(13)24)28-9-7-6-8-19-22(31-16(4)26)23(32-17(5)27)20(12-29-19)30-15(3)25/h10-11,19-20,22-23H,6-9,12,24H2,1-5H3/t19-,20-,22+,23+/m1/s1. The van der Waals surface area contributed by atoms with Gasteiger partial charge in [-0.1, -0.05) is 0 Å². The third kappa shape index (κ3) is 7.40. The molecule has 0 unspecified atom stereocenters. The number of benzene rings is 1. The van der Waals surface area contributed by atoms with Crippen LogP contribution in [0.25, 0.3) is 0 Å². The summed E-state index contributed by atoms with van der Waals surface area (Å²) in [5.74, 6) is -0.879. The summed E-state index contributed by atoms with van der Waals surface area (Å²) in [6, 6.07) is 3.81. The molecule has 0 bridgehead atoms. The minimum atomic E-state index is -0.934. The molecule has 2 N–H and O–H groups in total. The number of carbonyl (C=O) groups excluding carboxylic acids is 3. The van der Waals surface area contributed by atoms with Crippen molar-refractivity contribution in [1.29, 1.82) is 0 Å². The maximum absolute atomic E-state index is 11.7. The lowest BCUT2D eigenvalue weighted by molar-refractivity contribution is -0.226. The number of unbranched alkanes of at least 4 members (excludes halogenated alkanes) is 1. The van der Waals surface area contributed by atoms with Crippen molar-refractivity contribution in [1.82, 2.24) is 0 Å². The van der Waals surface area contributed by atoms with E-state index in [2.05, 4.69) is 0 Å². The van der Waals surface area contributed by atoms with Crippen LogP contribution in [0.15, 0.2) is 12.1 Å². The first-order chi connectivity index (χ1) is 15.1. The quantitative estimate of drug-likeness (QED) is 0.261. The average Bonchev–Trinajstić information content (AvgIpc) is 2.68. The van der Waals surface area contributed by atoms with Gasteiger partial charge in [-0.2, -0.15) is 0 Å². The Hall–Kier alpha value is -2.81. The topological polar surface area (TPSA) is 123 Å². The van der Waals surface area contributed by atoms with Gasteiger partial charge in [-0.15, -0.1) is 0 Å². The van der Waals surface area contributed by atoms with Crippen molar-refractivity contribution in [2.75, 3.05) is 18.9 Å². The highest BCUT2D eigenvalue weighted by Crippen LogP contribution is 2.28. The number of carbonyl (C=O) groups is 3. The van der Waals surface area contributed by atoms with Gasteiger partial charge in [0.2, 0.25) is 0 Å².